The molecular weight excluding hydrogens is 272 g/mol. The minimum atomic E-state index is 0.764. The van der Waals surface area contributed by atoms with Gasteiger partial charge >= 0.3 is 0 Å². The predicted octanol–water partition coefficient (Wildman–Crippen LogP) is 6.23. The third kappa shape index (κ3) is 13.6. The van der Waals surface area contributed by atoms with Gasteiger partial charge in [0.15, 0.2) is 0 Å². The first kappa shape index (κ1) is 21.9. The summed E-state index contributed by atoms with van der Waals surface area (Å²) < 4.78 is 11.7. The quantitative estimate of drug-likeness (QED) is 0.296. The van der Waals surface area contributed by atoms with Crippen LogP contribution in [0.2, 0.25) is 0 Å². The molecule has 22 heavy (non-hydrogen) atoms. The third-order valence-electron chi connectivity index (χ3n) is 4.62. The van der Waals surface area contributed by atoms with Crippen LogP contribution in [-0.2, 0) is 9.47 Å². The first-order chi connectivity index (χ1) is 10.8. The zero-order valence-corrected chi connectivity index (χ0v) is 15.9. The highest BCUT2D eigenvalue weighted by atomic mass is 16.5. The van der Waals surface area contributed by atoms with Gasteiger partial charge < -0.3 is 9.47 Å². The fourth-order valence-electron chi connectivity index (χ4n) is 2.70. The molecular formula is C20H42O2. The summed E-state index contributed by atoms with van der Waals surface area (Å²) in [7, 11) is 0. The van der Waals surface area contributed by atoms with Gasteiger partial charge in [0.1, 0.15) is 0 Å². The summed E-state index contributed by atoms with van der Waals surface area (Å²) in [5, 5.41) is 0. The summed E-state index contributed by atoms with van der Waals surface area (Å²) in [5.41, 5.74) is 0. The molecule has 0 heterocycles. The van der Waals surface area contributed by atoms with Gasteiger partial charge in [-0.2, -0.15) is 0 Å². The van der Waals surface area contributed by atoms with Gasteiger partial charge in [0.2, 0.25) is 0 Å². The van der Waals surface area contributed by atoms with Crippen molar-refractivity contribution in [2.45, 2.75) is 91.9 Å². The zero-order valence-electron chi connectivity index (χ0n) is 15.9. The second kappa shape index (κ2) is 17.3. The number of rotatable bonds is 17. The summed E-state index contributed by atoms with van der Waals surface area (Å²) in [6, 6.07) is 0. The van der Waals surface area contributed by atoms with E-state index in [1.807, 2.05) is 0 Å². The van der Waals surface area contributed by atoms with Gasteiger partial charge in [0.25, 0.3) is 0 Å². The third-order valence-corrected chi connectivity index (χ3v) is 4.62. The maximum absolute atomic E-state index is 5.83. The van der Waals surface area contributed by atoms with Crippen molar-refractivity contribution in [2.75, 3.05) is 26.4 Å². The molecule has 2 atom stereocenters. The van der Waals surface area contributed by atoms with Gasteiger partial charge in [-0.1, -0.05) is 66.2 Å². The van der Waals surface area contributed by atoms with E-state index < -0.39 is 0 Å². The van der Waals surface area contributed by atoms with Crippen LogP contribution in [0.15, 0.2) is 0 Å². The van der Waals surface area contributed by atoms with Gasteiger partial charge in [-0.3, -0.25) is 0 Å². The lowest BCUT2D eigenvalue weighted by atomic mass is 10.0. The van der Waals surface area contributed by atoms with Crippen molar-refractivity contribution in [3.63, 3.8) is 0 Å². The van der Waals surface area contributed by atoms with E-state index in [9.17, 15) is 0 Å². The Balaban J connectivity index is 3.38. The standard InChI is InChI=1S/C20H42O2/c1-5-9-13-19(7-3)17-21-15-11-12-16-22-18-20(8-4)14-10-6-2/h19-20H,5-18H2,1-4H3. The van der Waals surface area contributed by atoms with E-state index in [1.54, 1.807) is 0 Å². The van der Waals surface area contributed by atoms with Crippen molar-refractivity contribution in [1.82, 2.24) is 0 Å². The Morgan fingerprint density at radius 3 is 1.32 bits per heavy atom. The van der Waals surface area contributed by atoms with E-state index in [0.29, 0.717) is 0 Å². The lowest BCUT2D eigenvalue weighted by Crippen LogP contribution is -2.11. The summed E-state index contributed by atoms with van der Waals surface area (Å²) in [6.45, 7) is 12.8. The van der Waals surface area contributed by atoms with Gasteiger partial charge in [0, 0.05) is 26.4 Å². The fraction of sp³-hybridized carbons (Fsp3) is 1.00. The molecule has 0 saturated heterocycles. The van der Waals surface area contributed by atoms with Crippen molar-refractivity contribution >= 4 is 0 Å². The summed E-state index contributed by atoms with van der Waals surface area (Å²) in [6.07, 6.45) is 12.7. The maximum atomic E-state index is 5.83. The average Bonchev–Trinajstić information content (AvgIpc) is 2.55. The average molecular weight is 315 g/mol. The van der Waals surface area contributed by atoms with E-state index in [2.05, 4.69) is 27.7 Å². The fourth-order valence-corrected chi connectivity index (χ4v) is 2.70. The van der Waals surface area contributed by atoms with Crippen LogP contribution in [0.1, 0.15) is 91.9 Å². The Kier molecular flexibility index (Phi) is 17.2. The minimum absolute atomic E-state index is 0.764. The molecule has 0 amide bonds. The molecule has 0 rings (SSSR count). The molecule has 0 aliphatic carbocycles. The Morgan fingerprint density at radius 2 is 1.00 bits per heavy atom. The van der Waals surface area contributed by atoms with E-state index >= 15 is 0 Å². The highest BCUT2D eigenvalue weighted by molar-refractivity contribution is 4.57. The van der Waals surface area contributed by atoms with Crippen molar-refractivity contribution in [2.24, 2.45) is 11.8 Å². The molecule has 2 heteroatoms. The molecule has 0 spiro atoms. The van der Waals surface area contributed by atoms with Gasteiger partial charge in [0.05, 0.1) is 0 Å². The molecule has 0 radical (unpaired) electrons. The van der Waals surface area contributed by atoms with Gasteiger partial charge in [-0.15, -0.1) is 0 Å². The monoisotopic (exact) mass is 314 g/mol. The number of ether oxygens (including phenoxy) is 2. The smallest absolute Gasteiger partial charge is 0.0494 e. The van der Waals surface area contributed by atoms with Gasteiger partial charge in [-0.05, 0) is 37.5 Å². The summed E-state index contributed by atoms with van der Waals surface area (Å²) in [4.78, 5) is 0. The van der Waals surface area contributed by atoms with Crippen LogP contribution >= 0.6 is 0 Å². The Hall–Kier alpha value is -0.0800. The molecule has 0 aromatic heterocycles. The van der Waals surface area contributed by atoms with Crippen molar-refractivity contribution in [3.8, 4) is 0 Å². The van der Waals surface area contributed by atoms with E-state index in [1.165, 1.54) is 51.4 Å². The Bertz CT molecular complexity index is 184. The van der Waals surface area contributed by atoms with Crippen molar-refractivity contribution in [3.05, 3.63) is 0 Å². The Labute approximate surface area is 140 Å². The van der Waals surface area contributed by atoms with Crippen LogP contribution in [0.4, 0.5) is 0 Å². The maximum Gasteiger partial charge on any atom is 0.0494 e. The molecule has 0 aromatic rings. The second-order valence-corrected chi connectivity index (χ2v) is 6.69. The minimum Gasteiger partial charge on any atom is -0.381 e. The lowest BCUT2D eigenvalue weighted by molar-refractivity contribution is 0.0686. The van der Waals surface area contributed by atoms with Crippen molar-refractivity contribution in [1.29, 1.82) is 0 Å². The van der Waals surface area contributed by atoms with Crippen LogP contribution in [0.25, 0.3) is 0 Å². The summed E-state index contributed by atoms with van der Waals surface area (Å²) >= 11 is 0. The zero-order chi connectivity index (χ0) is 16.5. The first-order valence-corrected chi connectivity index (χ1v) is 9.93. The predicted molar refractivity (Wildman–Crippen MR) is 97.5 cm³/mol. The molecule has 0 fully saturated rings. The van der Waals surface area contributed by atoms with Crippen LogP contribution in [0.5, 0.6) is 0 Å². The lowest BCUT2D eigenvalue weighted by Gasteiger charge is -2.15. The highest BCUT2D eigenvalue weighted by Gasteiger charge is 2.06. The number of unbranched alkanes of at least 4 members (excludes halogenated alkanes) is 3. The molecule has 0 saturated carbocycles. The van der Waals surface area contributed by atoms with E-state index in [0.717, 1.165) is 51.1 Å². The van der Waals surface area contributed by atoms with Crippen LogP contribution in [0, 0.1) is 11.8 Å². The molecule has 0 aliphatic heterocycles. The first-order valence-electron chi connectivity index (χ1n) is 9.93. The molecule has 2 unspecified atom stereocenters. The van der Waals surface area contributed by atoms with Crippen LogP contribution in [0.3, 0.4) is 0 Å². The topological polar surface area (TPSA) is 18.5 Å². The molecule has 2 nitrogen and oxygen atoms in total. The number of hydrogen-bond acceptors (Lipinski definition) is 2. The van der Waals surface area contributed by atoms with E-state index in [-0.39, 0.29) is 0 Å². The Morgan fingerprint density at radius 1 is 0.591 bits per heavy atom. The number of hydrogen-bond donors (Lipinski definition) is 0. The molecule has 0 aromatic carbocycles. The summed E-state index contributed by atoms with van der Waals surface area (Å²) in [5.74, 6) is 1.53. The SMILES string of the molecule is CCCCC(CC)COCCCCOCC(CC)CCCC. The molecule has 134 valence electrons. The molecule has 0 bridgehead atoms. The van der Waals surface area contributed by atoms with Gasteiger partial charge in [-0.25, -0.2) is 0 Å². The van der Waals surface area contributed by atoms with E-state index in [4.69, 9.17) is 9.47 Å². The van der Waals surface area contributed by atoms with Crippen LogP contribution < -0.4 is 0 Å². The van der Waals surface area contributed by atoms with Crippen molar-refractivity contribution < 1.29 is 9.47 Å². The molecule has 0 N–H and O–H groups in total. The van der Waals surface area contributed by atoms with Crippen LogP contribution in [-0.4, -0.2) is 26.4 Å². The second-order valence-electron chi connectivity index (χ2n) is 6.69. The largest absolute Gasteiger partial charge is 0.381 e. The highest BCUT2D eigenvalue weighted by Crippen LogP contribution is 2.14. The molecule has 0 aliphatic rings. The normalized spacial score (nSPS) is 14.2.